The summed E-state index contributed by atoms with van der Waals surface area (Å²) in [6, 6.07) is 4.58. The van der Waals surface area contributed by atoms with E-state index in [-0.39, 0.29) is 5.82 Å². The molecule has 3 nitrogen and oxygen atoms in total. The highest BCUT2D eigenvalue weighted by atomic mass is 35.5. The number of aryl methyl sites for hydroxylation is 1. The van der Waals surface area contributed by atoms with Crippen molar-refractivity contribution in [3.05, 3.63) is 45.0 Å². The van der Waals surface area contributed by atoms with Gasteiger partial charge in [-0.05, 0) is 36.1 Å². The zero-order valence-electron chi connectivity index (χ0n) is 7.45. The van der Waals surface area contributed by atoms with Gasteiger partial charge in [0.05, 0.1) is 0 Å². The maximum atomic E-state index is 13.2. The maximum Gasteiger partial charge on any atom is 0.127 e. The molecule has 0 atom stereocenters. The van der Waals surface area contributed by atoms with E-state index in [0.29, 0.717) is 30.0 Å². The summed E-state index contributed by atoms with van der Waals surface area (Å²) in [5, 5.41) is 3.76. The van der Waals surface area contributed by atoms with Gasteiger partial charge in [0, 0.05) is 16.5 Å². The summed E-state index contributed by atoms with van der Waals surface area (Å²) in [6.07, 6.45) is 1.20. The largest absolute Gasteiger partial charge is 0.207 e. The van der Waals surface area contributed by atoms with E-state index in [1.165, 1.54) is 6.07 Å². The summed E-state index contributed by atoms with van der Waals surface area (Å²) >= 11 is 5.59. The van der Waals surface area contributed by atoms with Crippen LogP contribution in [-0.2, 0) is 6.42 Å². The highest BCUT2D eigenvalue weighted by molar-refractivity contribution is 6.30. The van der Waals surface area contributed by atoms with Gasteiger partial charge in [-0.3, -0.25) is 0 Å². The topological polar surface area (TPSA) is 48.8 Å². The van der Waals surface area contributed by atoms with Crippen LogP contribution in [-0.4, -0.2) is 6.54 Å². The second-order valence-electron chi connectivity index (χ2n) is 2.79. The van der Waals surface area contributed by atoms with Crippen molar-refractivity contribution >= 4 is 11.6 Å². The van der Waals surface area contributed by atoms with E-state index in [0.717, 1.165) is 0 Å². The fourth-order valence-corrected chi connectivity index (χ4v) is 1.27. The summed E-state index contributed by atoms with van der Waals surface area (Å²) < 4.78 is 13.2. The van der Waals surface area contributed by atoms with Gasteiger partial charge in [0.2, 0.25) is 0 Å². The number of hydrogen-bond acceptors (Lipinski definition) is 1. The normalized spacial score (nSPS) is 9.57. The minimum atomic E-state index is -0.307. The number of nitrogens with zero attached hydrogens (tertiary/aromatic N) is 3. The van der Waals surface area contributed by atoms with Gasteiger partial charge in [-0.25, -0.2) is 4.39 Å². The first-order valence-corrected chi connectivity index (χ1v) is 4.56. The Morgan fingerprint density at radius 1 is 1.50 bits per heavy atom. The van der Waals surface area contributed by atoms with Crippen molar-refractivity contribution in [1.82, 2.24) is 0 Å². The highest BCUT2D eigenvalue weighted by Gasteiger charge is 2.01. The zero-order chi connectivity index (χ0) is 10.4. The van der Waals surface area contributed by atoms with Crippen LogP contribution in [0.25, 0.3) is 10.4 Å². The SMILES string of the molecule is [N-]=[N+]=NCCCc1ccc(Cl)cc1F. The van der Waals surface area contributed by atoms with Crippen LogP contribution in [0.4, 0.5) is 4.39 Å². The Labute approximate surface area is 86.1 Å². The smallest absolute Gasteiger partial charge is 0.127 e. The molecule has 0 heterocycles. The predicted octanol–water partition coefficient (Wildman–Crippen LogP) is 3.72. The molecule has 0 unspecified atom stereocenters. The average Bonchev–Trinajstić information content (AvgIpc) is 2.15. The van der Waals surface area contributed by atoms with Gasteiger partial charge in [0.1, 0.15) is 5.82 Å². The molecule has 74 valence electrons. The van der Waals surface area contributed by atoms with Crippen LogP contribution in [0.5, 0.6) is 0 Å². The van der Waals surface area contributed by atoms with Crippen LogP contribution in [0.1, 0.15) is 12.0 Å². The maximum absolute atomic E-state index is 13.2. The van der Waals surface area contributed by atoms with Crippen LogP contribution in [0.2, 0.25) is 5.02 Å². The Bertz CT molecular complexity index is 361. The summed E-state index contributed by atoms with van der Waals surface area (Å²) in [6.45, 7) is 0.387. The Balaban J connectivity index is 2.54. The molecule has 0 amide bonds. The quantitative estimate of drug-likeness (QED) is 0.317. The molecule has 5 heteroatoms. The van der Waals surface area contributed by atoms with Gasteiger partial charge < -0.3 is 0 Å². The molecule has 0 spiro atoms. The Hall–Kier alpha value is -1.25. The lowest BCUT2D eigenvalue weighted by Crippen LogP contribution is -1.92. The fourth-order valence-electron chi connectivity index (χ4n) is 1.11. The standard InChI is InChI=1S/C9H9ClFN3/c10-8-4-3-7(9(11)6-8)2-1-5-13-14-12/h3-4,6H,1-2,5H2. The first-order chi connectivity index (χ1) is 6.74. The van der Waals surface area contributed by atoms with Crippen molar-refractivity contribution < 1.29 is 4.39 Å². The predicted molar refractivity (Wildman–Crippen MR) is 53.7 cm³/mol. The molecule has 1 aromatic rings. The van der Waals surface area contributed by atoms with E-state index < -0.39 is 0 Å². The molecule has 0 aliphatic heterocycles. The number of benzene rings is 1. The van der Waals surface area contributed by atoms with Gasteiger partial charge in [-0.15, -0.1) is 0 Å². The summed E-state index contributed by atoms with van der Waals surface area (Å²) in [5.41, 5.74) is 8.62. The van der Waals surface area contributed by atoms with Crippen molar-refractivity contribution in [2.45, 2.75) is 12.8 Å². The van der Waals surface area contributed by atoms with Gasteiger partial charge >= 0.3 is 0 Å². The number of rotatable bonds is 4. The third kappa shape index (κ3) is 3.24. The molecule has 0 aliphatic rings. The van der Waals surface area contributed by atoms with Crippen LogP contribution >= 0.6 is 11.6 Å². The van der Waals surface area contributed by atoms with E-state index in [1.807, 2.05) is 0 Å². The lowest BCUT2D eigenvalue weighted by Gasteiger charge is -2.01. The van der Waals surface area contributed by atoms with E-state index in [1.54, 1.807) is 12.1 Å². The third-order valence-corrected chi connectivity index (χ3v) is 2.02. The van der Waals surface area contributed by atoms with Crippen molar-refractivity contribution in [1.29, 1.82) is 0 Å². The number of halogens is 2. The summed E-state index contributed by atoms with van der Waals surface area (Å²) in [4.78, 5) is 2.61. The fraction of sp³-hybridized carbons (Fsp3) is 0.333. The summed E-state index contributed by atoms with van der Waals surface area (Å²) in [5.74, 6) is -0.307. The second-order valence-corrected chi connectivity index (χ2v) is 3.23. The molecule has 0 N–H and O–H groups in total. The molecule has 0 saturated heterocycles. The first kappa shape index (κ1) is 10.8. The van der Waals surface area contributed by atoms with E-state index in [2.05, 4.69) is 10.0 Å². The minimum absolute atomic E-state index is 0.307. The van der Waals surface area contributed by atoms with Crippen LogP contribution < -0.4 is 0 Å². The van der Waals surface area contributed by atoms with Crippen molar-refractivity contribution in [2.75, 3.05) is 6.54 Å². The van der Waals surface area contributed by atoms with Gasteiger partial charge in [0.25, 0.3) is 0 Å². The average molecular weight is 214 g/mol. The molecule has 0 aromatic heterocycles. The molecular weight excluding hydrogens is 205 g/mol. The lowest BCUT2D eigenvalue weighted by atomic mass is 10.1. The molecule has 0 radical (unpaired) electrons. The molecule has 14 heavy (non-hydrogen) atoms. The van der Waals surface area contributed by atoms with E-state index >= 15 is 0 Å². The first-order valence-electron chi connectivity index (χ1n) is 4.19. The Kier molecular flexibility index (Phi) is 4.23. The van der Waals surface area contributed by atoms with Gasteiger partial charge in [-0.1, -0.05) is 22.8 Å². The van der Waals surface area contributed by atoms with Crippen molar-refractivity contribution in [2.24, 2.45) is 5.11 Å². The second kappa shape index (κ2) is 5.47. The van der Waals surface area contributed by atoms with Crippen molar-refractivity contribution in [3.8, 4) is 0 Å². The van der Waals surface area contributed by atoms with Gasteiger partial charge in [0.15, 0.2) is 0 Å². The highest BCUT2D eigenvalue weighted by Crippen LogP contribution is 2.15. The molecular formula is C9H9ClFN3. The Morgan fingerprint density at radius 2 is 2.29 bits per heavy atom. The van der Waals surface area contributed by atoms with Crippen LogP contribution in [0, 0.1) is 5.82 Å². The molecule has 1 rings (SSSR count). The van der Waals surface area contributed by atoms with Crippen LogP contribution in [0.15, 0.2) is 23.3 Å². The lowest BCUT2D eigenvalue weighted by molar-refractivity contribution is 0.605. The van der Waals surface area contributed by atoms with Gasteiger partial charge in [-0.2, -0.15) is 0 Å². The molecule has 0 bridgehead atoms. The monoisotopic (exact) mass is 213 g/mol. The molecule has 0 aliphatic carbocycles. The minimum Gasteiger partial charge on any atom is -0.207 e. The van der Waals surface area contributed by atoms with E-state index in [4.69, 9.17) is 17.1 Å². The van der Waals surface area contributed by atoms with Crippen LogP contribution in [0.3, 0.4) is 0 Å². The number of hydrogen-bond donors (Lipinski definition) is 0. The molecule has 0 fully saturated rings. The van der Waals surface area contributed by atoms with E-state index in [9.17, 15) is 4.39 Å². The molecule has 0 saturated carbocycles. The zero-order valence-corrected chi connectivity index (χ0v) is 8.21. The number of azide groups is 1. The molecule has 1 aromatic carbocycles. The van der Waals surface area contributed by atoms with Crippen molar-refractivity contribution in [3.63, 3.8) is 0 Å². The Morgan fingerprint density at radius 3 is 2.93 bits per heavy atom. The summed E-state index contributed by atoms with van der Waals surface area (Å²) in [7, 11) is 0. The third-order valence-electron chi connectivity index (χ3n) is 1.78.